The van der Waals surface area contributed by atoms with Crippen LogP contribution in [-0.4, -0.2) is 12.0 Å². The van der Waals surface area contributed by atoms with Gasteiger partial charge in [-0.05, 0) is 44.2 Å². The first-order valence-corrected chi connectivity index (χ1v) is 6.34. The lowest BCUT2D eigenvalue weighted by Crippen LogP contribution is -2.30. The van der Waals surface area contributed by atoms with E-state index in [4.69, 9.17) is 4.74 Å². The first-order chi connectivity index (χ1) is 9.54. The van der Waals surface area contributed by atoms with Crippen LogP contribution in [0.15, 0.2) is 48.5 Å². The first kappa shape index (κ1) is 14.1. The normalized spacial score (nSPS) is 11.8. The van der Waals surface area contributed by atoms with Crippen molar-refractivity contribution in [2.45, 2.75) is 20.0 Å². The number of halogens is 1. The fraction of sp³-hybridized carbons (Fsp3) is 0.188. The highest BCUT2D eigenvalue weighted by Gasteiger charge is 2.14. The van der Waals surface area contributed by atoms with Crippen LogP contribution in [0.3, 0.4) is 0 Å². The molecule has 4 heteroatoms. The van der Waals surface area contributed by atoms with Crippen LogP contribution >= 0.6 is 0 Å². The number of carbonyl (C=O) groups is 1. The zero-order valence-corrected chi connectivity index (χ0v) is 11.4. The number of amides is 1. The number of hydrogen-bond donors (Lipinski definition) is 1. The molecular weight excluding hydrogens is 257 g/mol. The number of rotatable bonds is 4. The van der Waals surface area contributed by atoms with Crippen LogP contribution in [0.25, 0.3) is 0 Å². The summed E-state index contributed by atoms with van der Waals surface area (Å²) in [6.07, 6.45) is -0.666. The van der Waals surface area contributed by atoms with E-state index in [0.717, 1.165) is 5.56 Å². The van der Waals surface area contributed by atoms with Crippen LogP contribution in [0.5, 0.6) is 5.75 Å². The Labute approximate surface area is 117 Å². The highest BCUT2D eigenvalue weighted by molar-refractivity contribution is 5.94. The summed E-state index contributed by atoms with van der Waals surface area (Å²) < 4.78 is 18.5. The van der Waals surface area contributed by atoms with Gasteiger partial charge in [-0.1, -0.05) is 23.8 Å². The third-order valence-electron chi connectivity index (χ3n) is 2.80. The van der Waals surface area contributed by atoms with Gasteiger partial charge in [0.25, 0.3) is 5.91 Å². The molecule has 104 valence electrons. The largest absolute Gasteiger partial charge is 0.481 e. The SMILES string of the molecule is Cc1ccc(OC(C)C(=O)Nc2cccc(F)c2)cc1. The Balaban J connectivity index is 1.96. The summed E-state index contributed by atoms with van der Waals surface area (Å²) in [7, 11) is 0. The summed E-state index contributed by atoms with van der Waals surface area (Å²) in [6.45, 7) is 3.62. The van der Waals surface area contributed by atoms with Crippen molar-refractivity contribution in [2.75, 3.05) is 5.32 Å². The van der Waals surface area contributed by atoms with Gasteiger partial charge < -0.3 is 10.1 Å². The van der Waals surface area contributed by atoms with Gasteiger partial charge in [0.15, 0.2) is 6.10 Å². The van der Waals surface area contributed by atoms with E-state index in [2.05, 4.69) is 5.32 Å². The smallest absolute Gasteiger partial charge is 0.265 e. The number of nitrogens with one attached hydrogen (secondary N) is 1. The summed E-state index contributed by atoms with van der Waals surface area (Å²) in [5.74, 6) is -0.0939. The quantitative estimate of drug-likeness (QED) is 0.925. The zero-order chi connectivity index (χ0) is 14.5. The molecule has 2 aromatic rings. The van der Waals surface area contributed by atoms with E-state index >= 15 is 0 Å². The molecule has 0 spiro atoms. The molecule has 2 rings (SSSR count). The van der Waals surface area contributed by atoms with E-state index in [9.17, 15) is 9.18 Å². The third kappa shape index (κ3) is 3.82. The van der Waals surface area contributed by atoms with Crippen molar-refractivity contribution in [1.29, 1.82) is 0 Å². The topological polar surface area (TPSA) is 38.3 Å². The molecule has 1 unspecified atom stereocenters. The number of anilines is 1. The fourth-order valence-corrected chi connectivity index (χ4v) is 1.68. The van der Waals surface area contributed by atoms with Crippen LogP contribution < -0.4 is 10.1 Å². The first-order valence-electron chi connectivity index (χ1n) is 6.34. The van der Waals surface area contributed by atoms with Gasteiger partial charge in [0.2, 0.25) is 0 Å². The minimum atomic E-state index is -0.666. The predicted molar refractivity (Wildman–Crippen MR) is 76.3 cm³/mol. The van der Waals surface area contributed by atoms with E-state index in [0.29, 0.717) is 11.4 Å². The Kier molecular flexibility index (Phi) is 4.35. The summed E-state index contributed by atoms with van der Waals surface area (Å²) in [5.41, 5.74) is 1.53. The minimum absolute atomic E-state index is 0.323. The van der Waals surface area contributed by atoms with Crippen molar-refractivity contribution in [1.82, 2.24) is 0 Å². The second kappa shape index (κ2) is 6.19. The van der Waals surface area contributed by atoms with Crippen molar-refractivity contribution in [3.8, 4) is 5.75 Å². The fourth-order valence-electron chi connectivity index (χ4n) is 1.68. The van der Waals surface area contributed by atoms with Crippen LogP contribution in [0.4, 0.5) is 10.1 Å². The highest BCUT2D eigenvalue weighted by Crippen LogP contribution is 2.15. The number of carbonyl (C=O) groups excluding carboxylic acids is 1. The molecule has 0 fully saturated rings. The third-order valence-corrected chi connectivity index (χ3v) is 2.80. The van der Waals surface area contributed by atoms with E-state index in [1.54, 1.807) is 25.1 Å². The molecule has 0 heterocycles. The van der Waals surface area contributed by atoms with E-state index < -0.39 is 11.9 Å². The molecule has 3 nitrogen and oxygen atoms in total. The summed E-state index contributed by atoms with van der Waals surface area (Å²) in [5, 5.41) is 2.61. The molecule has 0 saturated carbocycles. The molecule has 1 N–H and O–H groups in total. The number of ether oxygens (including phenoxy) is 1. The Hall–Kier alpha value is -2.36. The Bertz CT molecular complexity index is 596. The van der Waals surface area contributed by atoms with Crippen molar-refractivity contribution in [3.63, 3.8) is 0 Å². The molecule has 20 heavy (non-hydrogen) atoms. The van der Waals surface area contributed by atoms with Gasteiger partial charge in [0, 0.05) is 5.69 Å². The maximum absolute atomic E-state index is 13.0. The molecule has 0 aliphatic heterocycles. The average molecular weight is 273 g/mol. The van der Waals surface area contributed by atoms with Crippen LogP contribution in [0.2, 0.25) is 0 Å². The second-order valence-electron chi connectivity index (χ2n) is 4.57. The number of aryl methyl sites for hydroxylation is 1. The van der Waals surface area contributed by atoms with Gasteiger partial charge in [0.1, 0.15) is 11.6 Å². The Morgan fingerprint density at radius 1 is 1.20 bits per heavy atom. The maximum atomic E-state index is 13.0. The lowest BCUT2D eigenvalue weighted by molar-refractivity contribution is -0.122. The molecule has 0 aliphatic carbocycles. The summed E-state index contributed by atoms with van der Waals surface area (Å²) in [6, 6.07) is 13.2. The standard InChI is InChI=1S/C16H16FNO2/c1-11-6-8-15(9-7-11)20-12(2)16(19)18-14-5-3-4-13(17)10-14/h3-10,12H,1-2H3,(H,18,19). The van der Waals surface area contributed by atoms with E-state index in [-0.39, 0.29) is 5.91 Å². The van der Waals surface area contributed by atoms with Gasteiger partial charge in [0.05, 0.1) is 0 Å². The van der Waals surface area contributed by atoms with Crippen LogP contribution in [0, 0.1) is 12.7 Å². The monoisotopic (exact) mass is 273 g/mol. The van der Waals surface area contributed by atoms with Gasteiger partial charge in [-0.25, -0.2) is 4.39 Å². The molecule has 0 aromatic heterocycles. The Morgan fingerprint density at radius 2 is 1.90 bits per heavy atom. The maximum Gasteiger partial charge on any atom is 0.265 e. The summed E-state index contributed by atoms with van der Waals surface area (Å²) >= 11 is 0. The van der Waals surface area contributed by atoms with Crippen molar-refractivity contribution < 1.29 is 13.9 Å². The molecule has 0 saturated heterocycles. The summed E-state index contributed by atoms with van der Waals surface area (Å²) in [4.78, 5) is 11.9. The van der Waals surface area contributed by atoms with Crippen LogP contribution in [0.1, 0.15) is 12.5 Å². The van der Waals surface area contributed by atoms with Gasteiger partial charge >= 0.3 is 0 Å². The molecule has 2 aromatic carbocycles. The highest BCUT2D eigenvalue weighted by atomic mass is 19.1. The molecule has 0 bridgehead atoms. The van der Waals surface area contributed by atoms with Crippen molar-refractivity contribution >= 4 is 11.6 Å². The lowest BCUT2D eigenvalue weighted by Gasteiger charge is -2.14. The lowest BCUT2D eigenvalue weighted by atomic mass is 10.2. The van der Waals surface area contributed by atoms with Crippen LogP contribution in [-0.2, 0) is 4.79 Å². The predicted octanol–water partition coefficient (Wildman–Crippen LogP) is 3.54. The average Bonchev–Trinajstić information content (AvgIpc) is 2.41. The minimum Gasteiger partial charge on any atom is -0.481 e. The molecule has 1 atom stereocenters. The van der Waals surface area contributed by atoms with E-state index in [1.165, 1.54) is 18.2 Å². The van der Waals surface area contributed by atoms with Gasteiger partial charge in [-0.2, -0.15) is 0 Å². The Morgan fingerprint density at radius 3 is 2.55 bits per heavy atom. The molecular formula is C16H16FNO2. The second-order valence-corrected chi connectivity index (χ2v) is 4.57. The molecule has 0 radical (unpaired) electrons. The number of hydrogen-bond acceptors (Lipinski definition) is 2. The van der Waals surface area contributed by atoms with Gasteiger partial charge in [-0.15, -0.1) is 0 Å². The van der Waals surface area contributed by atoms with Crippen molar-refractivity contribution in [3.05, 3.63) is 59.9 Å². The zero-order valence-electron chi connectivity index (χ0n) is 11.4. The van der Waals surface area contributed by atoms with Crippen molar-refractivity contribution in [2.24, 2.45) is 0 Å². The molecule has 0 aliphatic rings. The van der Waals surface area contributed by atoms with E-state index in [1.807, 2.05) is 19.1 Å². The van der Waals surface area contributed by atoms with Gasteiger partial charge in [-0.3, -0.25) is 4.79 Å². The molecule has 1 amide bonds. The number of benzene rings is 2.